The van der Waals surface area contributed by atoms with Crippen LogP contribution >= 0.6 is 0 Å². The first-order chi connectivity index (χ1) is 10.2. The lowest BCUT2D eigenvalue weighted by atomic mass is 10.1. The minimum Gasteiger partial charge on any atom is -0.309 e. The highest BCUT2D eigenvalue weighted by Crippen LogP contribution is 2.18. The van der Waals surface area contributed by atoms with E-state index in [1.807, 2.05) is 49.4 Å². The number of nitrogens with one attached hydrogen (secondary N) is 1. The highest BCUT2D eigenvalue weighted by Gasteiger charge is 2.15. The van der Waals surface area contributed by atoms with Crippen LogP contribution in [0.25, 0.3) is 0 Å². The van der Waals surface area contributed by atoms with E-state index in [9.17, 15) is 4.21 Å². The molecule has 0 aliphatic heterocycles. The standard InChI is InChI=1S/C18H23NOS/c1-3-12-19-18(16-9-5-4-6-10-16)14-21(20)17-11-7-8-15(2)13-17/h4-11,13,18-19H,3,12,14H2,1-2H3. The van der Waals surface area contributed by atoms with Crippen molar-refractivity contribution in [3.8, 4) is 0 Å². The average molecular weight is 301 g/mol. The van der Waals surface area contributed by atoms with Gasteiger partial charge >= 0.3 is 0 Å². The van der Waals surface area contributed by atoms with Gasteiger partial charge in [0.1, 0.15) is 0 Å². The van der Waals surface area contributed by atoms with Gasteiger partial charge in [-0.05, 0) is 43.1 Å². The smallest absolute Gasteiger partial charge is 0.0548 e. The fourth-order valence-corrected chi connectivity index (χ4v) is 3.63. The molecule has 21 heavy (non-hydrogen) atoms. The molecule has 2 atom stereocenters. The molecule has 112 valence electrons. The summed E-state index contributed by atoms with van der Waals surface area (Å²) in [7, 11) is -0.990. The van der Waals surface area contributed by atoms with E-state index in [1.165, 1.54) is 5.56 Å². The number of hydrogen-bond acceptors (Lipinski definition) is 2. The van der Waals surface area contributed by atoms with Gasteiger partial charge in [-0.25, -0.2) is 0 Å². The van der Waals surface area contributed by atoms with E-state index in [1.54, 1.807) is 0 Å². The summed E-state index contributed by atoms with van der Waals surface area (Å²) >= 11 is 0. The topological polar surface area (TPSA) is 29.1 Å². The highest BCUT2D eigenvalue weighted by molar-refractivity contribution is 7.85. The summed E-state index contributed by atoms with van der Waals surface area (Å²) < 4.78 is 12.6. The first-order valence-corrected chi connectivity index (χ1v) is 8.76. The van der Waals surface area contributed by atoms with Crippen LogP contribution in [0.4, 0.5) is 0 Å². The zero-order chi connectivity index (χ0) is 15.1. The molecule has 2 aromatic rings. The van der Waals surface area contributed by atoms with Gasteiger partial charge in [-0.2, -0.15) is 0 Å². The Hall–Kier alpha value is -1.45. The lowest BCUT2D eigenvalue weighted by Gasteiger charge is -2.18. The molecule has 0 saturated heterocycles. The molecule has 0 amide bonds. The maximum atomic E-state index is 12.6. The summed E-state index contributed by atoms with van der Waals surface area (Å²) in [5.74, 6) is 0.605. The fraction of sp³-hybridized carbons (Fsp3) is 0.333. The number of rotatable bonds is 7. The Morgan fingerprint density at radius 1 is 1.10 bits per heavy atom. The van der Waals surface area contributed by atoms with E-state index in [2.05, 4.69) is 24.4 Å². The Balaban J connectivity index is 2.13. The second kappa shape index (κ2) is 8.11. The zero-order valence-corrected chi connectivity index (χ0v) is 13.5. The second-order valence-electron chi connectivity index (χ2n) is 5.25. The first-order valence-electron chi connectivity index (χ1n) is 7.44. The van der Waals surface area contributed by atoms with Crippen molar-refractivity contribution in [2.75, 3.05) is 12.3 Å². The van der Waals surface area contributed by atoms with Gasteiger partial charge in [-0.1, -0.05) is 49.4 Å². The van der Waals surface area contributed by atoms with Crippen LogP contribution in [0.3, 0.4) is 0 Å². The normalized spacial score (nSPS) is 13.8. The number of benzene rings is 2. The van der Waals surface area contributed by atoms with Gasteiger partial charge in [0, 0.05) is 16.7 Å². The lowest BCUT2D eigenvalue weighted by molar-refractivity contribution is 0.569. The van der Waals surface area contributed by atoms with Crippen molar-refractivity contribution in [3.63, 3.8) is 0 Å². The predicted octanol–water partition coefficient (Wildman–Crippen LogP) is 3.84. The SMILES string of the molecule is CCCNC(CS(=O)c1cccc(C)c1)c1ccccc1. The van der Waals surface area contributed by atoms with Crippen molar-refractivity contribution < 1.29 is 4.21 Å². The summed E-state index contributed by atoms with van der Waals surface area (Å²) in [4.78, 5) is 0.911. The zero-order valence-electron chi connectivity index (χ0n) is 12.7. The average Bonchev–Trinajstić information content (AvgIpc) is 2.52. The van der Waals surface area contributed by atoms with Gasteiger partial charge in [-0.3, -0.25) is 4.21 Å². The molecule has 0 bridgehead atoms. The molecule has 2 rings (SSSR count). The molecule has 0 heterocycles. The minimum atomic E-state index is -0.990. The van der Waals surface area contributed by atoms with Crippen molar-refractivity contribution in [3.05, 3.63) is 65.7 Å². The molecule has 0 spiro atoms. The Kier molecular flexibility index (Phi) is 6.15. The van der Waals surface area contributed by atoms with Gasteiger partial charge in [-0.15, -0.1) is 0 Å². The Morgan fingerprint density at radius 3 is 2.52 bits per heavy atom. The Bertz CT molecular complexity index is 583. The van der Waals surface area contributed by atoms with E-state index in [-0.39, 0.29) is 6.04 Å². The molecule has 2 aromatic carbocycles. The van der Waals surface area contributed by atoms with Crippen molar-refractivity contribution in [2.45, 2.75) is 31.2 Å². The van der Waals surface area contributed by atoms with Gasteiger partial charge in [0.05, 0.1) is 10.8 Å². The van der Waals surface area contributed by atoms with E-state index in [0.29, 0.717) is 5.75 Å². The van der Waals surface area contributed by atoms with Gasteiger partial charge < -0.3 is 5.32 Å². The van der Waals surface area contributed by atoms with E-state index in [4.69, 9.17) is 0 Å². The van der Waals surface area contributed by atoms with Crippen LogP contribution in [0, 0.1) is 6.92 Å². The predicted molar refractivity (Wildman–Crippen MR) is 89.9 cm³/mol. The molecule has 0 aromatic heterocycles. The molecule has 0 fully saturated rings. The van der Waals surface area contributed by atoms with Crippen LogP contribution in [-0.4, -0.2) is 16.5 Å². The summed E-state index contributed by atoms with van der Waals surface area (Å²) in [6.07, 6.45) is 1.07. The first kappa shape index (κ1) is 15.9. The van der Waals surface area contributed by atoms with Crippen molar-refractivity contribution in [1.29, 1.82) is 0 Å². The van der Waals surface area contributed by atoms with Gasteiger partial charge in [0.2, 0.25) is 0 Å². The van der Waals surface area contributed by atoms with Crippen molar-refractivity contribution in [2.24, 2.45) is 0 Å². The lowest BCUT2D eigenvalue weighted by Crippen LogP contribution is -2.27. The number of aryl methyl sites for hydroxylation is 1. The van der Waals surface area contributed by atoms with E-state index >= 15 is 0 Å². The fourth-order valence-electron chi connectivity index (χ4n) is 2.28. The van der Waals surface area contributed by atoms with Gasteiger partial charge in [0.15, 0.2) is 0 Å². The summed E-state index contributed by atoms with van der Waals surface area (Å²) in [5, 5.41) is 3.51. The van der Waals surface area contributed by atoms with Crippen LogP contribution in [-0.2, 0) is 10.8 Å². The molecule has 3 heteroatoms. The Labute approximate surface area is 130 Å². The molecule has 0 radical (unpaired) electrons. The molecule has 2 nitrogen and oxygen atoms in total. The molecule has 0 aliphatic rings. The van der Waals surface area contributed by atoms with Crippen LogP contribution in [0.15, 0.2) is 59.5 Å². The van der Waals surface area contributed by atoms with Crippen LogP contribution in [0.2, 0.25) is 0 Å². The van der Waals surface area contributed by atoms with Crippen LogP contribution in [0.5, 0.6) is 0 Å². The summed E-state index contributed by atoms with van der Waals surface area (Å²) in [5.41, 5.74) is 2.35. The third-order valence-corrected chi connectivity index (χ3v) is 4.83. The van der Waals surface area contributed by atoms with E-state index < -0.39 is 10.8 Å². The Morgan fingerprint density at radius 2 is 1.86 bits per heavy atom. The minimum absolute atomic E-state index is 0.132. The van der Waals surface area contributed by atoms with Crippen molar-refractivity contribution in [1.82, 2.24) is 5.32 Å². The molecule has 2 unspecified atom stereocenters. The molecular weight excluding hydrogens is 278 g/mol. The molecular formula is C18H23NOS. The summed E-state index contributed by atoms with van der Waals surface area (Å²) in [6, 6.07) is 18.4. The maximum Gasteiger partial charge on any atom is 0.0548 e. The quantitative estimate of drug-likeness (QED) is 0.842. The largest absolute Gasteiger partial charge is 0.309 e. The van der Waals surface area contributed by atoms with Crippen LogP contribution < -0.4 is 5.32 Å². The van der Waals surface area contributed by atoms with Crippen molar-refractivity contribution >= 4 is 10.8 Å². The monoisotopic (exact) mass is 301 g/mol. The number of hydrogen-bond donors (Lipinski definition) is 1. The molecule has 1 N–H and O–H groups in total. The van der Waals surface area contributed by atoms with Gasteiger partial charge in [0.25, 0.3) is 0 Å². The third-order valence-electron chi connectivity index (χ3n) is 3.41. The molecule has 0 aliphatic carbocycles. The maximum absolute atomic E-state index is 12.6. The van der Waals surface area contributed by atoms with E-state index in [0.717, 1.165) is 23.4 Å². The second-order valence-corrected chi connectivity index (χ2v) is 6.74. The summed E-state index contributed by atoms with van der Waals surface area (Å²) in [6.45, 7) is 5.11. The molecule has 0 saturated carbocycles. The third kappa shape index (κ3) is 4.80. The van der Waals surface area contributed by atoms with Crippen LogP contribution in [0.1, 0.15) is 30.5 Å². The highest BCUT2D eigenvalue weighted by atomic mass is 32.2.